The second-order valence-electron chi connectivity index (χ2n) is 3.99. The van der Waals surface area contributed by atoms with E-state index in [0.29, 0.717) is 6.42 Å². The predicted octanol–water partition coefficient (Wildman–Crippen LogP) is 0.805. The average Bonchev–Trinajstić information content (AvgIpc) is 2.61. The zero-order chi connectivity index (χ0) is 12.0. The van der Waals surface area contributed by atoms with E-state index in [1.807, 2.05) is 24.7 Å². The van der Waals surface area contributed by atoms with Gasteiger partial charge in [0.25, 0.3) is 0 Å². The molecule has 0 bridgehead atoms. The molecule has 5 nitrogen and oxygen atoms in total. The van der Waals surface area contributed by atoms with Crippen molar-refractivity contribution in [3.05, 3.63) is 18.2 Å². The molecule has 0 saturated heterocycles. The monoisotopic (exact) mass is 225 g/mol. The third-order valence-electron chi connectivity index (χ3n) is 2.55. The Morgan fingerprint density at radius 3 is 3.00 bits per heavy atom. The molecule has 0 spiro atoms. The van der Waals surface area contributed by atoms with Crippen LogP contribution in [0.5, 0.6) is 0 Å². The maximum absolute atomic E-state index is 10.4. The number of nitrogens with one attached hydrogen (secondary N) is 1. The van der Waals surface area contributed by atoms with Crippen LogP contribution >= 0.6 is 0 Å². The zero-order valence-electron chi connectivity index (χ0n) is 9.81. The lowest BCUT2D eigenvalue weighted by Crippen LogP contribution is -2.29. The van der Waals surface area contributed by atoms with Crippen LogP contribution in [0, 0.1) is 0 Å². The van der Waals surface area contributed by atoms with Crippen LogP contribution in [0.1, 0.15) is 25.6 Å². The summed E-state index contributed by atoms with van der Waals surface area (Å²) in [6.07, 6.45) is 5.44. The van der Waals surface area contributed by atoms with Crippen molar-refractivity contribution in [1.82, 2.24) is 14.9 Å². The van der Waals surface area contributed by atoms with E-state index in [9.17, 15) is 4.79 Å². The molecule has 0 amide bonds. The van der Waals surface area contributed by atoms with Gasteiger partial charge in [0, 0.05) is 44.9 Å². The summed E-state index contributed by atoms with van der Waals surface area (Å²) in [6, 6.07) is 0.233. The van der Waals surface area contributed by atoms with Crippen LogP contribution in [0.25, 0.3) is 0 Å². The van der Waals surface area contributed by atoms with Crippen molar-refractivity contribution in [2.45, 2.75) is 32.2 Å². The molecule has 0 aromatic carbocycles. The maximum atomic E-state index is 10.4. The van der Waals surface area contributed by atoms with Crippen LogP contribution in [0.3, 0.4) is 0 Å². The molecule has 1 heterocycles. The fourth-order valence-corrected chi connectivity index (χ4v) is 1.51. The van der Waals surface area contributed by atoms with Crippen LogP contribution in [-0.4, -0.2) is 33.2 Å². The number of carbonyl (C=O) groups is 1. The minimum Gasteiger partial charge on any atom is -0.481 e. The Kier molecular flexibility index (Phi) is 4.98. The first-order valence-electron chi connectivity index (χ1n) is 5.51. The fourth-order valence-electron chi connectivity index (χ4n) is 1.51. The van der Waals surface area contributed by atoms with Gasteiger partial charge in [0.2, 0.25) is 0 Å². The first-order chi connectivity index (χ1) is 7.59. The Bertz CT molecular complexity index is 336. The van der Waals surface area contributed by atoms with Crippen molar-refractivity contribution in [2.75, 3.05) is 6.54 Å². The first kappa shape index (κ1) is 12.7. The van der Waals surface area contributed by atoms with Gasteiger partial charge in [-0.3, -0.25) is 4.79 Å². The highest BCUT2D eigenvalue weighted by Gasteiger charge is 2.05. The molecule has 0 aliphatic carbocycles. The Morgan fingerprint density at radius 1 is 1.69 bits per heavy atom. The summed E-state index contributed by atoms with van der Waals surface area (Å²) in [4.78, 5) is 14.6. The van der Waals surface area contributed by atoms with Gasteiger partial charge in [-0.05, 0) is 13.3 Å². The second kappa shape index (κ2) is 6.27. The number of carboxylic acids is 1. The van der Waals surface area contributed by atoms with Gasteiger partial charge in [-0.2, -0.15) is 0 Å². The van der Waals surface area contributed by atoms with E-state index in [-0.39, 0.29) is 12.5 Å². The molecule has 1 rings (SSSR count). The van der Waals surface area contributed by atoms with Crippen molar-refractivity contribution in [3.63, 3.8) is 0 Å². The second-order valence-corrected chi connectivity index (χ2v) is 3.99. The number of rotatable bonds is 7. The molecule has 1 unspecified atom stereocenters. The number of aliphatic carboxylic acids is 1. The molecule has 0 aliphatic rings. The molecule has 5 heteroatoms. The van der Waals surface area contributed by atoms with Gasteiger partial charge in [0.05, 0.1) is 0 Å². The molecular weight excluding hydrogens is 206 g/mol. The van der Waals surface area contributed by atoms with Crippen molar-refractivity contribution in [3.8, 4) is 0 Å². The predicted molar refractivity (Wildman–Crippen MR) is 61.2 cm³/mol. The molecular formula is C11H19N3O2. The molecule has 1 aromatic rings. The molecule has 0 aliphatic heterocycles. The Labute approximate surface area is 95.5 Å². The number of nitrogens with zero attached hydrogens (tertiary/aromatic N) is 2. The highest BCUT2D eigenvalue weighted by atomic mass is 16.4. The molecule has 1 aromatic heterocycles. The first-order valence-corrected chi connectivity index (χ1v) is 5.51. The third kappa shape index (κ3) is 4.44. The maximum Gasteiger partial charge on any atom is 0.303 e. The van der Waals surface area contributed by atoms with Gasteiger partial charge in [0.1, 0.15) is 5.82 Å². The standard InChI is InChI=1S/C11H19N3O2/c1-9(3-4-11(15)16)12-6-5-10-13-7-8-14(10)2/h7-9,12H,3-6H2,1-2H3,(H,15,16). The van der Waals surface area contributed by atoms with Crippen molar-refractivity contribution in [2.24, 2.45) is 7.05 Å². The lowest BCUT2D eigenvalue weighted by Gasteiger charge is -2.12. The molecule has 90 valence electrons. The van der Waals surface area contributed by atoms with E-state index in [1.165, 1.54) is 0 Å². The van der Waals surface area contributed by atoms with E-state index in [4.69, 9.17) is 5.11 Å². The number of aryl methyl sites for hydroxylation is 1. The third-order valence-corrected chi connectivity index (χ3v) is 2.55. The van der Waals surface area contributed by atoms with Crippen LogP contribution < -0.4 is 5.32 Å². The molecule has 0 saturated carbocycles. The molecule has 0 radical (unpaired) electrons. The van der Waals surface area contributed by atoms with Crippen molar-refractivity contribution in [1.29, 1.82) is 0 Å². The summed E-state index contributed by atoms with van der Waals surface area (Å²) in [6.45, 7) is 2.83. The lowest BCUT2D eigenvalue weighted by molar-refractivity contribution is -0.137. The highest BCUT2D eigenvalue weighted by molar-refractivity contribution is 5.66. The van der Waals surface area contributed by atoms with Gasteiger partial charge in [-0.15, -0.1) is 0 Å². The molecule has 0 fully saturated rings. The summed E-state index contributed by atoms with van der Waals surface area (Å²) in [7, 11) is 1.97. The summed E-state index contributed by atoms with van der Waals surface area (Å²) in [5.41, 5.74) is 0. The molecule has 2 N–H and O–H groups in total. The quantitative estimate of drug-likeness (QED) is 0.720. The Hall–Kier alpha value is -1.36. The number of carboxylic acid groups (broad SMARTS) is 1. The summed E-state index contributed by atoms with van der Waals surface area (Å²) >= 11 is 0. The minimum absolute atomic E-state index is 0.219. The highest BCUT2D eigenvalue weighted by Crippen LogP contribution is 1.98. The Balaban J connectivity index is 2.15. The minimum atomic E-state index is -0.738. The van der Waals surface area contributed by atoms with Crippen LogP contribution in [0.2, 0.25) is 0 Å². The number of hydrogen-bond donors (Lipinski definition) is 2. The molecule has 1 atom stereocenters. The average molecular weight is 225 g/mol. The molecule has 16 heavy (non-hydrogen) atoms. The smallest absolute Gasteiger partial charge is 0.303 e. The van der Waals surface area contributed by atoms with Crippen LogP contribution in [0.15, 0.2) is 12.4 Å². The SMILES string of the molecule is CC(CCC(=O)O)NCCc1nccn1C. The van der Waals surface area contributed by atoms with Gasteiger partial charge in [-0.25, -0.2) is 4.98 Å². The Morgan fingerprint density at radius 2 is 2.44 bits per heavy atom. The van der Waals surface area contributed by atoms with E-state index in [2.05, 4.69) is 10.3 Å². The topological polar surface area (TPSA) is 67.2 Å². The zero-order valence-corrected chi connectivity index (χ0v) is 9.81. The van der Waals surface area contributed by atoms with E-state index >= 15 is 0 Å². The normalized spacial score (nSPS) is 12.6. The fraction of sp³-hybridized carbons (Fsp3) is 0.636. The number of hydrogen-bond acceptors (Lipinski definition) is 3. The van der Waals surface area contributed by atoms with E-state index in [1.54, 1.807) is 6.20 Å². The lowest BCUT2D eigenvalue weighted by atomic mass is 10.2. The summed E-state index contributed by atoms with van der Waals surface area (Å²) in [5.74, 6) is 0.302. The summed E-state index contributed by atoms with van der Waals surface area (Å²) in [5, 5.41) is 11.8. The van der Waals surface area contributed by atoms with Gasteiger partial charge < -0.3 is 15.0 Å². The van der Waals surface area contributed by atoms with Crippen LogP contribution in [-0.2, 0) is 18.3 Å². The number of aromatic nitrogens is 2. The van der Waals surface area contributed by atoms with Gasteiger partial charge >= 0.3 is 5.97 Å². The van der Waals surface area contributed by atoms with Crippen molar-refractivity contribution < 1.29 is 9.90 Å². The van der Waals surface area contributed by atoms with E-state index < -0.39 is 5.97 Å². The van der Waals surface area contributed by atoms with Crippen LogP contribution in [0.4, 0.5) is 0 Å². The largest absolute Gasteiger partial charge is 0.481 e. The van der Waals surface area contributed by atoms with E-state index in [0.717, 1.165) is 18.8 Å². The van der Waals surface area contributed by atoms with Gasteiger partial charge in [-0.1, -0.05) is 0 Å². The summed E-state index contributed by atoms with van der Waals surface area (Å²) < 4.78 is 1.99. The van der Waals surface area contributed by atoms with Crippen molar-refractivity contribution >= 4 is 5.97 Å². The number of imidazole rings is 1. The van der Waals surface area contributed by atoms with Gasteiger partial charge in [0.15, 0.2) is 0 Å².